The van der Waals surface area contributed by atoms with Crippen LogP contribution in [0.3, 0.4) is 0 Å². The minimum absolute atomic E-state index is 0.0244. The zero-order chi connectivity index (χ0) is 16.3. The van der Waals surface area contributed by atoms with Gasteiger partial charge in [0, 0.05) is 19.5 Å². The standard InChI is InChI=1S/C12H12ClF3N2O2S/c1-2-18(7-3-6-17)21(19,20)11-8-9(12(14,15)16)4-5-10(11)13/h4-5,8H,2-3,7H2,1H3. The van der Waals surface area contributed by atoms with Crippen molar-refractivity contribution in [1.82, 2.24) is 4.31 Å². The van der Waals surface area contributed by atoms with Crippen LogP contribution in [0.25, 0.3) is 0 Å². The van der Waals surface area contributed by atoms with Gasteiger partial charge in [-0.3, -0.25) is 0 Å². The molecule has 0 N–H and O–H groups in total. The van der Waals surface area contributed by atoms with Gasteiger partial charge in [-0.1, -0.05) is 18.5 Å². The molecule has 0 atom stereocenters. The maximum Gasteiger partial charge on any atom is 0.416 e. The number of nitriles is 1. The molecule has 1 rings (SSSR count). The lowest BCUT2D eigenvalue weighted by Crippen LogP contribution is -2.32. The van der Waals surface area contributed by atoms with E-state index in [0.717, 1.165) is 10.4 Å². The van der Waals surface area contributed by atoms with Crippen LogP contribution in [0.4, 0.5) is 13.2 Å². The molecule has 0 saturated carbocycles. The molecular formula is C12H12ClF3N2O2S. The number of rotatable bonds is 5. The van der Waals surface area contributed by atoms with Gasteiger partial charge in [0.2, 0.25) is 10.0 Å². The van der Waals surface area contributed by atoms with E-state index in [1.165, 1.54) is 6.92 Å². The van der Waals surface area contributed by atoms with Gasteiger partial charge in [0.1, 0.15) is 4.90 Å². The third kappa shape index (κ3) is 4.09. The molecule has 0 aromatic heterocycles. The first-order chi connectivity index (χ1) is 9.64. The summed E-state index contributed by atoms with van der Waals surface area (Å²) < 4.78 is 63.6. The highest BCUT2D eigenvalue weighted by Gasteiger charge is 2.34. The highest BCUT2D eigenvalue weighted by molar-refractivity contribution is 7.89. The van der Waals surface area contributed by atoms with Gasteiger partial charge in [-0.25, -0.2) is 8.42 Å². The average Bonchev–Trinajstić information content (AvgIpc) is 2.38. The molecule has 1 aromatic rings. The zero-order valence-electron chi connectivity index (χ0n) is 11.0. The molecule has 0 spiro atoms. The maximum absolute atomic E-state index is 12.7. The van der Waals surface area contributed by atoms with Gasteiger partial charge >= 0.3 is 6.18 Å². The summed E-state index contributed by atoms with van der Waals surface area (Å²) in [6, 6.07) is 3.91. The smallest absolute Gasteiger partial charge is 0.207 e. The van der Waals surface area contributed by atoms with Crippen LogP contribution in [-0.4, -0.2) is 25.8 Å². The molecule has 4 nitrogen and oxygen atoms in total. The van der Waals surface area contributed by atoms with Crippen molar-refractivity contribution in [2.75, 3.05) is 13.1 Å². The Balaban J connectivity index is 3.33. The van der Waals surface area contributed by atoms with Crippen LogP contribution in [0.2, 0.25) is 5.02 Å². The van der Waals surface area contributed by atoms with Crippen molar-refractivity contribution in [3.63, 3.8) is 0 Å². The largest absolute Gasteiger partial charge is 0.416 e. The number of nitrogens with zero attached hydrogens (tertiary/aromatic N) is 2. The Bertz CT molecular complexity index is 653. The Morgan fingerprint density at radius 1 is 1.38 bits per heavy atom. The van der Waals surface area contributed by atoms with Crippen LogP contribution in [0.5, 0.6) is 0 Å². The first kappa shape index (κ1) is 17.8. The Morgan fingerprint density at radius 2 is 2.00 bits per heavy atom. The summed E-state index contributed by atoms with van der Waals surface area (Å²) in [6.45, 7) is 1.44. The monoisotopic (exact) mass is 340 g/mol. The SMILES string of the molecule is CCN(CCC#N)S(=O)(=O)c1cc(C(F)(F)F)ccc1Cl. The number of hydrogen-bond acceptors (Lipinski definition) is 3. The second kappa shape index (κ2) is 6.64. The van der Waals surface area contributed by atoms with Gasteiger partial charge in [0.15, 0.2) is 0 Å². The molecular weight excluding hydrogens is 329 g/mol. The second-order valence-corrected chi connectivity index (χ2v) is 6.36. The quantitative estimate of drug-likeness (QED) is 0.826. The summed E-state index contributed by atoms with van der Waals surface area (Å²) >= 11 is 5.73. The minimum Gasteiger partial charge on any atom is -0.207 e. The molecule has 0 bridgehead atoms. The van der Waals surface area contributed by atoms with Crippen LogP contribution in [0.15, 0.2) is 23.1 Å². The summed E-state index contributed by atoms with van der Waals surface area (Å²) in [7, 11) is -4.19. The molecule has 0 saturated heterocycles. The van der Waals surface area contributed by atoms with Gasteiger partial charge < -0.3 is 0 Å². The fourth-order valence-electron chi connectivity index (χ4n) is 1.64. The molecule has 0 aliphatic rings. The summed E-state index contributed by atoms with van der Waals surface area (Å²) in [5, 5.41) is 8.21. The lowest BCUT2D eigenvalue weighted by Gasteiger charge is -2.20. The van der Waals surface area contributed by atoms with Gasteiger partial charge in [-0.15, -0.1) is 0 Å². The lowest BCUT2D eigenvalue weighted by atomic mass is 10.2. The lowest BCUT2D eigenvalue weighted by molar-refractivity contribution is -0.137. The molecule has 0 unspecified atom stereocenters. The van der Waals surface area contributed by atoms with E-state index in [9.17, 15) is 21.6 Å². The predicted octanol–water partition coefficient (Wildman–Crippen LogP) is 3.28. The summed E-state index contributed by atoms with van der Waals surface area (Å²) in [5.74, 6) is 0. The van der Waals surface area contributed by atoms with E-state index in [1.807, 2.05) is 0 Å². The first-order valence-electron chi connectivity index (χ1n) is 5.88. The van der Waals surface area contributed by atoms with Gasteiger partial charge in [-0.2, -0.15) is 22.7 Å². The topological polar surface area (TPSA) is 61.2 Å². The average molecular weight is 341 g/mol. The summed E-state index contributed by atoms with van der Waals surface area (Å²) in [5.41, 5.74) is -1.10. The second-order valence-electron chi connectivity index (χ2n) is 4.05. The normalized spacial score (nSPS) is 12.4. The molecule has 0 aliphatic heterocycles. The molecule has 0 heterocycles. The van der Waals surface area contributed by atoms with Crippen LogP contribution >= 0.6 is 11.6 Å². The fraction of sp³-hybridized carbons (Fsp3) is 0.417. The van der Waals surface area contributed by atoms with Crippen LogP contribution in [0, 0.1) is 11.3 Å². The molecule has 0 aliphatic carbocycles. The highest BCUT2D eigenvalue weighted by atomic mass is 35.5. The van der Waals surface area contributed by atoms with Crippen molar-refractivity contribution < 1.29 is 21.6 Å². The molecule has 21 heavy (non-hydrogen) atoms. The molecule has 0 radical (unpaired) electrons. The molecule has 0 fully saturated rings. The van der Waals surface area contributed by atoms with E-state index < -0.39 is 26.7 Å². The zero-order valence-corrected chi connectivity index (χ0v) is 12.6. The predicted molar refractivity (Wildman–Crippen MR) is 71.1 cm³/mol. The van der Waals surface area contributed by atoms with E-state index >= 15 is 0 Å². The molecule has 116 valence electrons. The van der Waals surface area contributed by atoms with E-state index in [-0.39, 0.29) is 24.5 Å². The van der Waals surface area contributed by atoms with E-state index in [4.69, 9.17) is 16.9 Å². The minimum atomic E-state index is -4.67. The van der Waals surface area contributed by atoms with Crippen molar-refractivity contribution >= 4 is 21.6 Å². The third-order valence-electron chi connectivity index (χ3n) is 2.70. The van der Waals surface area contributed by atoms with E-state index in [1.54, 1.807) is 6.07 Å². The van der Waals surface area contributed by atoms with Gasteiger partial charge in [-0.05, 0) is 18.2 Å². The van der Waals surface area contributed by atoms with E-state index in [0.29, 0.717) is 12.1 Å². The van der Waals surface area contributed by atoms with Crippen LogP contribution in [-0.2, 0) is 16.2 Å². The Hall–Kier alpha value is -1.30. The molecule has 0 amide bonds. The third-order valence-corrected chi connectivity index (χ3v) is 5.16. The van der Waals surface area contributed by atoms with Crippen LogP contribution < -0.4 is 0 Å². The molecule has 1 aromatic carbocycles. The number of halogens is 4. The Kier molecular flexibility index (Phi) is 5.61. The summed E-state index contributed by atoms with van der Waals surface area (Å²) in [4.78, 5) is -0.612. The number of sulfonamides is 1. The number of hydrogen-bond donors (Lipinski definition) is 0. The number of benzene rings is 1. The van der Waals surface area contributed by atoms with Crippen molar-refractivity contribution in [2.24, 2.45) is 0 Å². The van der Waals surface area contributed by atoms with E-state index in [2.05, 4.69) is 0 Å². The van der Waals surface area contributed by atoms with Crippen molar-refractivity contribution in [3.05, 3.63) is 28.8 Å². The number of alkyl halides is 3. The maximum atomic E-state index is 12.7. The van der Waals surface area contributed by atoms with Gasteiger partial charge in [0.05, 0.1) is 16.7 Å². The van der Waals surface area contributed by atoms with Crippen LogP contribution in [0.1, 0.15) is 18.9 Å². The Labute approximate surface area is 125 Å². The molecule has 9 heteroatoms. The summed E-state index contributed by atoms with van der Waals surface area (Å²) in [6.07, 6.45) is -4.73. The van der Waals surface area contributed by atoms with Crippen molar-refractivity contribution in [1.29, 1.82) is 5.26 Å². The first-order valence-corrected chi connectivity index (χ1v) is 7.70. The fourth-order valence-corrected chi connectivity index (χ4v) is 3.59. The van der Waals surface area contributed by atoms with Crippen molar-refractivity contribution in [2.45, 2.75) is 24.4 Å². The van der Waals surface area contributed by atoms with Crippen molar-refractivity contribution in [3.8, 4) is 6.07 Å². The Morgan fingerprint density at radius 3 is 2.48 bits per heavy atom. The highest BCUT2D eigenvalue weighted by Crippen LogP contribution is 2.34. The van der Waals surface area contributed by atoms with Gasteiger partial charge in [0.25, 0.3) is 0 Å².